The summed E-state index contributed by atoms with van der Waals surface area (Å²) >= 11 is 17.7. The molecule has 0 aliphatic heterocycles. The van der Waals surface area contributed by atoms with Gasteiger partial charge in [-0.1, -0.05) is 66.6 Å². The van der Waals surface area contributed by atoms with Gasteiger partial charge in [0.2, 0.25) is 0 Å². The van der Waals surface area contributed by atoms with Crippen molar-refractivity contribution >= 4 is 77.5 Å². The highest BCUT2D eigenvalue weighted by Gasteiger charge is 2.01. The third-order valence-corrected chi connectivity index (χ3v) is 9.41. The van der Waals surface area contributed by atoms with Crippen LogP contribution in [0.4, 0.5) is 0 Å². The quantitative estimate of drug-likeness (QED) is 0.210. The highest BCUT2D eigenvalue weighted by molar-refractivity contribution is 9.11. The van der Waals surface area contributed by atoms with Crippen molar-refractivity contribution in [3.8, 4) is 0 Å². The molecule has 0 amide bonds. The zero-order valence-electron chi connectivity index (χ0n) is 20.8. The lowest BCUT2D eigenvalue weighted by molar-refractivity contribution is 0.890. The highest BCUT2D eigenvalue weighted by Crippen LogP contribution is 2.28. The minimum atomic E-state index is 0. The summed E-state index contributed by atoms with van der Waals surface area (Å²) in [5.41, 5.74) is 1.05. The number of hydrogen-bond acceptors (Lipinski definition) is 4. The maximum atomic E-state index is 5.72. The van der Waals surface area contributed by atoms with E-state index in [1.165, 1.54) is 18.4 Å². The number of pyridine rings is 1. The van der Waals surface area contributed by atoms with Crippen molar-refractivity contribution in [2.45, 2.75) is 73.6 Å². The summed E-state index contributed by atoms with van der Waals surface area (Å²) in [6.07, 6.45) is 1.79. The maximum Gasteiger partial charge on any atom is 0.0931 e. The Morgan fingerprint density at radius 1 is 0.743 bits per heavy atom. The average Bonchev–Trinajstić information content (AvgIpc) is 3.53. The Bertz CT molecular complexity index is 971. The molecule has 7 heteroatoms. The van der Waals surface area contributed by atoms with Crippen molar-refractivity contribution in [3.05, 3.63) is 93.0 Å². The lowest BCUT2D eigenvalue weighted by Crippen LogP contribution is -1.77. The van der Waals surface area contributed by atoms with E-state index in [0.29, 0.717) is 17.8 Å². The van der Waals surface area contributed by atoms with Crippen molar-refractivity contribution in [3.63, 3.8) is 0 Å². The van der Waals surface area contributed by atoms with Gasteiger partial charge in [-0.2, -0.15) is 0 Å². The van der Waals surface area contributed by atoms with E-state index in [0.717, 1.165) is 14.5 Å². The Hall–Kier alpha value is -0.500. The second-order valence-electron chi connectivity index (χ2n) is 8.38. The lowest BCUT2D eigenvalue weighted by Gasteiger charge is -1.95. The number of hydrogen-bond donors (Lipinski definition) is 0. The second-order valence-corrected chi connectivity index (χ2v) is 14.5. The molecular weight excluding hydrogens is 642 g/mol. The molecule has 0 atom stereocenters. The Labute approximate surface area is 247 Å². The summed E-state index contributed by atoms with van der Waals surface area (Å²) in [7, 11) is 0. The van der Waals surface area contributed by atoms with Gasteiger partial charge in [-0.05, 0) is 104 Å². The first kappa shape index (κ1) is 34.5. The average molecular weight is 680 g/mol. The van der Waals surface area contributed by atoms with Crippen molar-refractivity contribution in [1.82, 2.24) is 4.98 Å². The number of halogens is 3. The van der Waals surface area contributed by atoms with Crippen LogP contribution in [0.2, 0.25) is 4.34 Å². The number of thiophene rings is 3. The zero-order valence-corrected chi connectivity index (χ0v) is 27.2. The van der Waals surface area contributed by atoms with Gasteiger partial charge in [0.05, 0.1) is 8.12 Å². The van der Waals surface area contributed by atoms with Crippen LogP contribution < -0.4 is 0 Å². The Balaban J connectivity index is 0.000000437. The topological polar surface area (TPSA) is 12.9 Å². The van der Waals surface area contributed by atoms with Gasteiger partial charge in [-0.15, -0.1) is 34.0 Å². The molecule has 0 radical (unpaired) electrons. The number of aryl methyl sites for hydroxylation is 1. The van der Waals surface area contributed by atoms with Gasteiger partial charge in [0, 0.05) is 31.0 Å². The fourth-order valence-corrected chi connectivity index (χ4v) is 5.81. The fourth-order valence-electron chi connectivity index (χ4n) is 2.35. The third kappa shape index (κ3) is 15.4. The van der Waals surface area contributed by atoms with Crippen LogP contribution in [0.1, 0.15) is 87.0 Å². The predicted octanol–water partition coefficient (Wildman–Crippen LogP) is 12.8. The van der Waals surface area contributed by atoms with Crippen LogP contribution in [-0.4, -0.2) is 4.98 Å². The van der Waals surface area contributed by atoms with E-state index in [1.54, 1.807) is 17.5 Å². The van der Waals surface area contributed by atoms with E-state index in [-0.39, 0.29) is 7.43 Å². The van der Waals surface area contributed by atoms with E-state index >= 15 is 0 Å². The van der Waals surface area contributed by atoms with Crippen molar-refractivity contribution in [2.24, 2.45) is 0 Å². The van der Waals surface area contributed by atoms with Gasteiger partial charge in [0.1, 0.15) is 0 Å². The predicted molar refractivity (Wildman–Crippen MR) is 171 cm³/mol. The summed E-state index contributed by atoms with van der Waals surface area (Å²) in [4.78, 5) is 8.32. The molecule has 0 saturated heterocycles. The first-order valence-corrected chi connectivity index (χ1v) is 15.6. The summed E-state index contributed by atoms with van der Waals surface area (Å²) in [5, 5.41) is 2.12. The molecule has 1 nitrogen and oxygen atoms in total. The molecule has 194 valence electrons. The molecule has 0 aromatic carbocycles. The molecule has 4 aromatic rings. The smallest absolute Gasteiger partial charge is 0.0931 e. The normalized spacial score (nSPS) is 9.97. The fraction of sp³-hybridized carbons (Fsp3) is 0.393. The van der Waals surface area contributed by atoms with Crippen LogP contribution in [0.5, 0.6) is 0 Å². The molecule has 0 saturated carbocycles. The molecule has 4 rings (SSSR count). The van der Waals surface area contributed by atoms with Crippen LogP contribution >= 0.6 is 77.5 Å². The third-order valence-electron chi connectivity index (χ3n) is 4.31. The van der Waals surface area contributed by atoms with Gasteiger partial charge < -0.3 is 0 Å². The zero-order chi connectivity index (χ0) is 25.7. The van der Waals surface area contributed by atoms with E-state index in [9.17, 15) is 0 Å². The van der Waals surface area contributed by atoms with E-state index in [2.05, 4.69) is 114 Å². The second kappa shape index (κ2) is 18.7. The molecule has 0 aliphatic rings. The first-order chi connectivity index (χ1) is 16.0. The SMILES string of the molecule is C.CC(C)c1ccc(Br)s1.CC(C)c1ccc(Cl)s1.CC(C)c1cccs1.Cc1ccc(Br)cn1. The molecular formula is C28H38Br2ClNS3. The molecule has 0 fully saturated rings. The molecule has 4 heterocycles. The lowest BCUT2D eigenvalue weighted by atomic mass is 10.2. The largest absolute Gasteiger partial charge is 0.260 e. The van der Waals surface area contributed by atoms with Crippen LogP contribution in [-0.2, 0) is 0 Å². The molecule has 0 spiro atoms. The van der Waals surface area contributed by atoms with Crippen LogP contribution in [0.15, 0.2) is 68.4 Å². The van der Waals surface area contributed by atoms with Gasteiger partial charge in [-0.25, -0.2) is 0 Å². The summed E-state index contributed by atoms with van der Waals surface area (Å²) < 4.78 is 3.15. The summed E-state index contributed by atoms with van der Waals surface area (Å²) in [6.45, 7) is 15.1. The minimum absolute atomic E-state index is 0. The van der Waals surface area contributed by atoms with Crippen molar-refractivity contribution < 1.29 is 0 Å². The first-order valence-electron chi connectivity index (χ1n) is 11.1. The van der Waals surface area contributed by atoms with Crippen molar-refractivity contribution in [2.75, 3.05) is 0 Å². The number of nitrogens with zero attached hydrogens (tertiary/aromatic N) is 1. The molecule has 0 aliphatic carbocycles. The van der Waals surface area contributed by atoms with E-state index < -0.39 is 0 Å². The molecule has 4 aromatic heterocycles. The molecule has 0 unspecified atom stereocenters. The monoisotopic (exact) mass is 677 g/mol. The van der Waals surface area contributed by atoms with Crippen molar-refractivity contribution in [1.29, 1.82) is 0 Å². The molecule has 35 heavy (non-hydrogen) atoms. The van der Waals surface area contributed by atoms with Crippen LogP contribution in [0, 0.1) is 6.92 Å². The Morgan fingerprint density at radius 2 is 1.31 bits per heavy atom. The van der Waals surface area contributed by atoms with Gasteiger partial charge in [0.25, 0.3) is 0 Å². The molecule has 0 N–H and O–H groups in total. The van der Waals surface area contributed by atoms with E-state index in [1.807, 2.05) is 47.8 Å². The van der Waals surface area contributed by atoms with Gasteiger partial charge in [0.15, 0.2) is 0 Å². The Morgan fingerprint density at radius 3 is 1.57 bits per heavy atom. The summed E-state index contributed by atoms with van der Waals surface area (Å²) in [6, 6.07) is 16.5. The number of aromatic nitrogens is 1. The van der Waals surface area contributed by atoms with Gasteiger partial charge >= 0.3 is 0 Å². The van der Waals surface area contributed by atoms with Crippen LogP contribution in [0.3, 0.4) is 0 Å². The van der Waals surface area contributed by atoms with Gasteiger partial charge in [-0.3, -0.25) is 4.98 Å². The molecule has 0 bridgehead atoms. The standard InChI is InChI=1S/C7H9BrS.C7H9ClS.C7H10S.C6H6BrN.CH4/c2*1-5(2)6-3-4-7(8)9-6;1-6(2)7-4-3-5-8-7;1-5-2-3-6(7)4-8-5;/h2*3-5H,1-2H3;3-6H,1-2H3;2-4H,1H3;1H4. The Kier molecular flexibility index (Phi) is 18.4. The highest BCUT2D eigenvalue weighted by atomic mass is 79.9. The number of rotatable bonds is 3. The van der Waals surface area contributed by atoms with Crippen LogP contribution in [0.25, 0.3) is 0 Å². The summed E-state index contributed by atoms with van der Waals surface area (Å²) in [5.74, 6) is 1.98. The van der Waals surface area contributed by atoms with E-state index in [4.69, 9.17) is 11.6 Å². The maximum absolute atomic E-state index is 5.72. The minimum Gasteiger partial charge on any atom is -0.260 e.